The topological polar surface area (TPSA) is 29.4 Å². The van der Waals surface area contributed by atoms with E-state index in [2.05, 4.69) is 24.0 Å². The van der Waals surface area contributed by atoms with Gasteiger partial charge in [0.15, 0.2) is 0 Å². The number of carbonyl (C=O) groups excluding carboxylic acids is 1. The van der Waals surface area contributed by atoms with Crippen molar-refractivity contribution >= 4 is 12.1 Å². The molecule has 0 fully saturated rings. The van der Waals surface area contributed by atoms with Crippen molar-refractivity contribution in [3.05, 3.63) is 35.9 Å². The Hall–Kier alpha value is -1.44. The summed E-state index contributed by atoms with van der Waals surface area (Å²) in [5.41, 5.74) is 1.29. The van der Waals surface area contributed by atoms with Crippen LogP contribution in [0.1, 0.15) is 31.7 Å². The van der Waals surface area contributed by atoms with Crippen LogP contribution in [0.2, 0.25) is 0 Å². The highest BCUT2D eigenvalue weighted by Crippen LogP contribution is 2.27. The first-order valence-electron chi connectivity index (χ1n) is 6.43. The first-order valence-corrected chi connectivity index (χ1v) is 6.43. The second kappa shape index (κ2) is 5.76. The maximum Gasteiger partial charge on any atom is 0.249 e. The molecule has 0 N–H and O–H groups in total. The van der Waals surface area contributed by atoms with Crippen molar-refractivity contribution < 1.29 is 4.79 Å². The fourth-order valence-electron chi connectivity index (χ4n) is 2.39. The second-order valence-electron chi connectivity index (χ2n) is 4.72. The van der Waals surface area contributed by atoms with Gasteiger partial charge in [0.1, 0.15) is 0 Å². The first kappa shape index (κ1) is 12.0. The Bertz CT molecular complexity index is 397. The summed E-state index contributed by atoms with van der Waals surface area (Å²) in [4.78, 5) is 15.7. The van der Waals surface area contributed by atoms with Crippen LogP contribution >= 0.6 is 0 Å². The van der Waals surface area contributed by atoms with Crippen molar-refractivity contribution in [1.82, 2.24) is 0 Å². The SMILES string of the molecule is CCCC[C@H]1C(=O)N=CC1Cc1ccccc1. The summed E-state index contributed by atoms with van der Waals surface area (Å²) in [7, 11) is 0. The molecule has 2 heteroatoms. The van der Waals surface area contributed by atoms with E-state index in [0.717, 1.165) is 25.7 Å². The number of hydrogen-bond donors (Lipinski definition) is 0. The van der Waals surface area contributed by atoms with Gasteiger partial charge < -0.3 is 0 Å². The Balaban J connectivity index is 2.00. The van der Waals surface area contributed by atoms with Crippen LogP contribution in [0.4, 0.5) is 0 Å². The van der Waals surface area contributed by atoms with Crippen LogP contribution in [-0.2, 0) is 11.2 Å². The molecule has 0 aliphatic carbocycles. The van der Waals surface area contributed by atoms with Gasteiger partial charge in [-0.05, 0) is 18.4 Å². The van der Waals surface area contributed by atoms with Crippen molar-refractivity contribution in [1.29, 1.82) is 0 Å². The Labute approximate surface area is 103 Å². The van der Waals surface area contributed by atoms with E-state index in [9.17, 15) is 4.79 Å². The van der Waals surface area contributed by atoms with Gasteiger partial charge in [0.2, 0.25) is 5.91 Å². The predicted octanol–water partition coefficient (Wildman–Crippen LogP) is 3.26. The van der Waals surface area contributed by atoms with Crippen molar-refractivity contribution in [3.8, 4) is 0 Å². The number of unbranched alkanes of at least 4 members (excludes halogenated alkanes) is 1. The average Bonchev–Trinajstić information content (AvgIpc) is 2.69. The van der Waals surface area contributed by atoms with Gasteiger partial charge in [0, 0.05) is 18.1 Å². The van der Waals surface area contributed by atoms with Crippen molar-refractivity contribution in [2.24, 2.45) is 16.8 Å². The standard InChI is InChI=1S/C15H19NO/c1-2-3-9-14-13(11-16-15(14)17)10-12-7-5-4-6-8-12/h4-8,11,13-14H,2-3,9-10H2,1H3/t13?,14-/m1/s1. The third-order valence-corrected chi connectivity index (χ3v) is 3.41. The molecule has 1 aromatic carbocycles. The van der Waals surface area contributed by atoms with Crippen molar-refractivity contribution in [2.45, 2.75) is 32.6 Å². The highest BCUT2D eigenvalue weighted by atomic mass is 16.1. The van der Waals surface area contributed by atoms with E-state index in [0.29, 0.717) is 5.92 Å². The number of aliphatic imine (C=N–C) groups is 1. The molecular formula is C15H19NO. The number of benzene rings is 1. The van der Waals surface area contributed by atoms with Gasteiger partial charge in [-0.15, -0.1) is 0 Å². The summed E-state index contributed by atoms with van der Waals surface area (Å²) < 4.78 is 0. The molecule has 17 heavy (non-hydrogen) atoms. The molecule has 0 radical (unpaired) electrons. The molecule has 1 aromatic rings. The molecule has 90 valence electrons. The van der Waals surface area contributed by atoms with Gasteiger partial charge in [-0.3, -0.25) is 4.79 Å². The van der Waals surface area contributed by atoms with Gasteiger partial charge in [0.25, 0.3) is 0 Å². The fourth-order valence-corrected chi connectivity index (χ4v) is 2.39. The van der Waals surface area contributed by atoms with E-state index in [4.69, 9.17) is 0 Å². The van der Waals surface area contributed by atoms with Crippen LogP contribution in [0.15, 0.2) is 35.3 Å². The summed E-state index contributed by atoms with van der Waals surface area (Å²) >= 11 is 0. The number of rotatable bonds is 5. The molecule has 2 atom stereocenters. The van der Waals surface area contributed by atoms with E-state index in [1.54, 1.807) is 0 Å². The first-order chi connectivity index (χ1) is 8.31. The predicted molar refractivity (Wildman–Crippen MR) is 70.2 cm³/mol. The van der Waals surface area contributed by atoms with Crippen LogP contribution in [0.5, 0.6) is 0 Å². The maximum atomic E-state index is 11.7. The molecule has 2 nitrogen and oxygen atoms in total. The molecule has 0 saturated heterocycles. The number of hydrogen-bond acceptors (Lipinski definition) is 1. The Morgan fingerprint density at radius 1 is 1.24 bits per heavy atom. The third kappa shape index (κ3) is 3.02. The minimum Gasteiger partial charge on any atom is -0.272 e. The summed E-state index contributed by atoms with van der Waals surface area (Å²) in [5.74, 6) is 0.506. The van der Waals surface area contributed by atoms with Crippen molar-refractivity contribution in [2.75, 3.05) is 0 Å². The van der Waals surface area contributed by atoms with Gasteiger partial charge in [-0.25, -0.2) is 4.99 Å². The molecule has 2 rings (SSSR count). The van der Waals surface area contributed by atoms with E-state index >= 15 is 0 Å². The number of amides is 1. The lowest BCUT2D eigenvalue weighted by atomic mass is 9.86. The summed E-state index contributed by atoms with van der Waals surface area (Å²) in [6.45, 7) is 2.16. The minimum absolute atomic E-state index is 0.0828. The van der Waals surface area contributed by atoms with E-state index in [1.165, 1.54) is 5.56 Å². The Kier molecular flexibility index (Phi) is 4.08. The smallest absolute Gasteiger partial charge is 0.249 e. The molecule has 1 unspecified atom stereocenters. The second-order valence-corrected chi connectivity index (χ2v) is 4.72. The molecule has 0 aromatic heterocycles. The molecular weight excluding hydrogens is 210 g/mol. The molecule has 1 aliphatic rings. The lowest BCUT2D eigenvalue weighted by molar-refractivity contribution is -0.121. The van der Waals surface area contributed by atoms with Gasteiger partial charge in [-0.1, -0.05) is 50.1 Å². The number of nitrogens with zero attached hydrogens (tertiary/aromatic N) is 1. The highest BCUT2D eigenvalue weighted by molar-refractivity contribution is 5.95. The summed E-state index contributed by atoms with van der Waals surface area (Å²) in [6.07, 6.45) is 6.03. The van der Waals surface area contributed by atoms with Crippen molar-refractivity contribution in [3.63, 3.8) is 0 Å². The minimum atomic E-state index is 0.0828. The highest BCUT2D eigenvalue weighted by Gasteiger charge is 2.30. The van der Waals surface area contributed by atoms with Crippen LogP contribution in [0.3, 0.4) is 0 Å². The molecule has 1 amide bonds. The summed E-state index contributed by atoms with van der Waals surface area (Å²) in [5, 5.41) is 0. The van der Waals surface area contributed by atoms with Crippen LogP contribution in [0.25, 0.3) is 0 Å². The zero-order valence-electron chi connectivity index (χ0n) is 10.3. The monoisotopic (exact) mass is 229 g/mol. The molecule has 0 bridgehead atoms. The molecule has 1 heterocycles. The zero-order chi connectivity index (χ0) is 12.1. The number of carbonyl (C=O) groups is 1. The average molecular weight is 229 g/mol. The molecule has 1 aliphatic heterocycles. The molecule has 0 saturated carbocycles. The van der Waals surface area contributed by atoms with Gasteiger partial charge in [0.05, 0.1) is 0 Å². The maximum absolute atomic E-state index is 11.7. The Morgan fingerprint density at radius 2 is 2.00 bits per heavy atom. The van der Waals surface area contributed by atoms with E-state index < -0.39 is 0 Å². The lowest BCUT2D eigenvalue weighted by Crippen LogP contribution is -2.19. The fraction of sp³-hybridized carbons (Fsp3) is 0.467. The van der Waals surface area contributed by atoms with Crippen LogP contribution < -0.4 is 0 Å². The van der Waals surface area contributed by atoms with E-state index in [-0.39, 0.29) is 11.8 Å². The quantitative estimate of drug-likeness (QED) is 0.762. The third-order valence-electron chi connectivity index (χ3n) is 3.41. The Morgan fingerprint density at radius 3 is 2.71 bits per heavy atom. The normalized spacial score (nSPS) is 23.2. The molecule has 0 spiro atoms. The zero-order valence-corrected chi connectivity index (χ0v) is 10.3. The largest absolute Gasteiger partial charge is 0.272 e. The van der Waals surface area contributed by atoms with Crippen LogP contribution in [-0.4, -0.2) is 12.1 Å². The van der Waals surface area contributed by atoms with Gasteiger partial charge >= 0.3 is 0 Å². The van der Waals surface area contributed by atoms with Gasteiger partial charge in [-0.2, -0.15) is 0 Å². The van der Waals surface area contributed by atoms with Crippen LogP contribution in [0, 0.1) is 11.8 Å². The summed E-state index contributed by atoms with van der Waals surface area (Å²) in [6, 6.07) is 10.3. The lowest BCUT2D eigenvalue weighted by Gasteiger charge is -2.15. The van der Waals surface area contributed by atoms with E-state index in [1.807, 2.05) is 24.4 Å².